The largest absolute Gasteiger partial charge is 0.497 e. The van der Waals surface area contributed by atoms with Crippen molar-refractivity contribution in [2.45, 2.75) is 12.2 Å². The highest BCUT2D eigenvalue weighted by molar-refractivity contribution is 7.98. The molecule has 0 radical (unpaired) electrons. The molecule has 0 heterocycles. The number of carbonyl (C=O) groups is 1. The molecule has 0 aliphatic carbocycles. The van der Waals surface area contributed by atoms with Gasteiger partial charge >= 0.3 is 0 Å². The van der Waals surface area contributed by atoms with E-state index in [0.717, 1.165) is 17.3 Å². The molecular formula is C11H15NO2S. The molecule has 1 rings (SSSR count). The fraction of sp³-hybridized carbons (Fsp3) is 0.364. The Labute approximate surface area is 94.0 Å². The molecule has 0 atom stereocenters. The van der Waals surface area contributed by atoms with Crippen LogP contribution in [0, 0.1) is 0 Å². The number of carbonyl (C=O) groups excluding carboxylic acids is 1. The lowest BCUT2D eigenvalue weighted by Crippen LogP contribution is -2.10. The van der Waals surface area contributed by atoms with Crippen LogP contribution >= 0.6 is 11.8 Å². The summed E-state index contributed by atoms with van der Waals surface area (Å²) in [7, 11) is 1.65. The summed E-state index contributed by atoms with van der Waals surface area (Å²) >= 11 is 1.70. The van der Waals surface area contributed by atoms with Gasteiger partial charge in [-0.05, 0) is 17.7 Å². The first-order chi connectivity index (χ1) is 7.22. The van der Waals surface area contributed by atoms with Crippen LogP contribution in [0.4, 0.5) is 0 Å². The summed E-state index contributed by atoms with van der Waals surface area (Å²) in [5.41, 5.74) is 6.24. The molecule has 3 nitrogen and oxygen atoms in total. The summed E-state index contributed by atoms with van der Waals surface area (Å²) in [5, 5.41) is 0. The third-order valence-electron chi connectivity index (χ3n) is 1.90. The number of nitrogens with two attached hydrogens (primary N) is 1. The van der Waals surface area contributed by atoms with Gasteiger partial charge in [0.25, 0.3) is 0 Å². The number of hydrogen-bond acceptors (Lipinski definition) is 3. The highest BCUT2D eigenvalue weighted by Crippen LogP contribution is 2.17. The Morgan fingerprint density at radius 2 is 2.33 bits per heavy atom. The Hall–Kier alpha value is -1.16. The molecule has 0 bridgehead atoms. The van der Waals surface area contributed by atoms with Crippen molar-refractivity contribution in [3.05, 3.63) is 29.8 Å². The van der Waals surface area contributed by atoms with Crippen molar-refractivity contribution in [1.29, 1.82) is 0 Å². The molecule has 1 aromatic carbocycles. The van der Waals surface area contributed by atoms with Crippen LogP contribution in [0.25, 0.3) is 0 Å². The first-order valence-electron chi connectivity index (χ1n) is 4.71. The van der Waals surface area contributed by atoms with E-state index >= 15 is 0 Å². The van der Waals surface area contributed by atoms with Crippen LogP contribution < -0.4 is 10.5 Å². The first-order valence-corrected chi connectivity index (χ1v) is 5.87. The second-order valence-electron chi connectivity index (χ2n) is 3.12. The number of ether oxygens (including phenoxy) is 1. The third-order valence-corrected chi connectivity index (χ3v) is 2.93. The van der Waals surface area contributed by atoms with Gasteiger partial charge in [-0.1, -0.05) is 12.1 Å². The molecule has 2 N–H and O–H groups in total. The molecule has 0 saturated carbocycles. The summed E-state index contributed by atoms with van der Waals surface area (Å²) in [5.74, 6) is 2.27. The predicted molar refractivity (Wildman–Crippen MR) is 63.0 cm³/mol. The average Bonchev–Trinajstić information content (AvgIpc) is 2.24. The van der Waals surface area contributed by atoms with Crippen molar-refractivity contribution < 1.29 is 9.53 Å². The van der Waals surface area contributed by atoms with E-state index in [2.05, 4.69) is 0 Å². The molecule has 0 aliphatic rings. The number of rotatable bonds is 6. The normalized spacial score (nSPS) is 9.93. The zero-order valence-corrected chi connectivity index (χ0v) is 9.55. The topological polar surface area (TPSA) is 52.3 Å². The first kappa shape index (κ1) is 11.9. The van der Waals surface area contributed by atoms with Crippen molar-refractivity contribution in [3.63, 3.8) is 0 Å². The Morgan fingerprint density at radius 3 is 3.00 bits per heavy atom. The summed E-state index contributed by atoms with van der Waals surface area (Å²) < 4.78 is 5.12. The van der Waals surface area contributed by atoms with Crippen molar-refractivity contribution >= 4 is 17.7 Å². The maximum atomic E-state index is 10.5. The van der Waals surface area contributed by atoms with Gasteiger partial charge in [-0.3, -0.25) is 4.79 Å². The van der Waals surface area contributed by atoms with E-state index in [0.29, 0.717) is 6.42 Å². The van der Waals surface area contributed by atoms with Gasteiger partial charge in [-0.15, -0.1) is 0 Å². The molecule has 82 valence electrons. The van der Waals surface area contributed by atoms with Gasteiger partial charge in [0.2, 0.25) is 5.91 Å². The second-order valence-corrected chi connectivity index (χ2v) is 4.23. The Kier molecular flexibility index (Phi) is 5.04. The molecule has 0 saturated heterocycles. The molecule has 15 heavy (non-hydrogen) atoms. The van der Waals surface area contributed by atoms with Gasteiger partial charge in [0.15, 0.2) is 0 Å². The van der Waals surface area contributed by atoms with Gasteiger partial charge in [-0.2, -0.15) is 11.8 Å². The van der Waals surface area contributed by atoms with E-state index in [9.17, 15) is 4.79 Å². The van der Waals surface area contributed by atoms with Crippen LogP contribution in [0.15, 0.2) is 24.3 Å². The molecule has 1 amide bonds. The van der Waals surface area contributed by atoms with Crippen LogP contribution in [0.3, 0.4) is 0 Å². The Morgan fingerprint density at radius 1 is 1.53 bits per heavy atom. The lowest BCUT2D eigenvalue weighted by molar-refractivity contribution is -0.117. The summed E-state index contributed by atoms with van der Waals surface area (Å²) in [6.07, 6.45) is 0.439. The fourth-order valence-electron chi connectivity index (χ4n) is 1.13. The van der Waals surface area contributed by atoms with E-state index in [4.69, 9.17) is 10.5 Å². The molecule has 1 aromatic rings. The minimum atomic E-state index is -0.242. The minimum Gasteiger partial charge on any atom is -0.497 e. The van der Waals surface area contributed by atoms with Crippen molar-refractivity contribution in [2.24, 2.45) is 5.73 Å². The van der Waals surface area contributed by atoms with E-state index in [1.165, 1.54) is 5.56 Å². The van der Waals surface area contributed by atoms with Gasteiger partial charge < -0.3 is 10.5 Å². The van der Waals surface area contributed by atoms with E-state index in [1.807, 2.05) is 24.3 Å². The molecule has 0 spiro atoms. The SMILES string of the molecule is COc1cccc(CSCCC(N)=O)c1. The van der Waals surface area contributed by atoms with Crippen LogP contribution in [0.1, 0.15) is 12.0 Å². The molecule has 0 aromatic heterocycles. The Bertz CT molecular complexity index is 328. The molecule has 0 unspecified atom stereocenters. The van der Waals surface area contributed by atoms with Gasteiger partial charge in [0.05, 0.1) is 7.11 Å². The van der Waals surface area contributed by atoms with Crippen LogP contribution in [0.2, 0.25) is 0 Å². The predicted octanol–water partition coefficient (Wildman–Crippen LogP) is 1.80. The van der Waals surface area contributed by atoms with Gasteiger partial charge in [0.1, 0.15) is 5.75 Å². The maximum absolute atomic E-state index is 10.5. The van der Waals surface area contributed by atoms with Gasteiger partial charge in [0, 0.05) is 17.9 Å². The van der Waals surface area contributed by atoms with Crippen LogP contribution in [-0.2, 0) is 10.5 Å². The standard InChI is InChI=1S/C11H15NO2S/c1-14-10-4-2-3-9(7-10)8-15-6-5-11(12)13/h2-4,7H,5-6,8H2,1H3,(H2,12,13). The van der Waals surface area contributed by atoms with E-state index in [1.54, 1.807) is 18.9 Å². The number of thioether (sulfide) groups is 1. The monoisotopic (exact) mass is 225 g/mol. The number of primary amides is 1. The number of methoxy groups -OCH3 is 1. The number of amides is 1. The highest BCUT2D eigenvalue weighted by Gasteiger charge is 1.98. The minimum absolute atomic E-state index is 0.242. The Balaban J connectivity index is 2.33. The highest BCUT2D eigenvalue weighted by atomic mass is 32.2. The third kappa shape index (κ3) is 4.74. The zero-order valence-electron chi connectivity index (χ0n) is 8.73. The van der Waals surface area contributed by atoms with E-state index < -0.39 is 0 Å². The number of hydrogen-bond donors (Lipinski definition) is 1. The maximum Gasteiger partial charge on any atom is 0.218 e. The van der Waals surface area contributed by atoms with Crippen molar-refractivity contribution in [1.82, 2.24) is 0 Å². The lowest BCUT2D eigenvalue weighted by Gasteiger charge is -2.03. The van der Waals surface area contributed by atoms with Gasteiger partial charge in [-0.25, -0.2) is 0 Å². The zero-order chi connectivity index (χ0) is 11.1. The van der Waals surface area contributed by atoms with Crippen molar-refractivity contribution in [2.75, 3.05) is 12.9 Å². The second kappa shape index (κ2) is 6.35. The lowest BCUT2D eigenvalue weighted by atomic mass is 10.2. The smallest absolute Gasteiger partial charge is 0.218 e. The van der Waals surface area contributed by atoms with Crippen molar-refractivity contribution in [3.8, 4) is 5.75 Å². The molecule has 0 fully saturated rings. The summed E-state index contributed by atoms with van der Waals surface area (Å²) in [6.45, 7) is 0. The van der Waals surface area contributed by atoms with Crippen LogP contribution in [0.5, 0.6) is 5.75 Å². The summed E-state index contributed by atoms with van der Waals surface area (Å²) in [4.78, 5) is 10.5. The molecular weight excluding hydrogens is 210 g/mol. The van der Waals surface area contributed by atoms with Crippen LogP contribution in [-0.4, -0.2) is 18.8 Å². The number of benzene rings is 1. The average molecular weight is 225 g/mol. The fourth-order valence-corrected chi connectivity index (χ4v) is 2.03. The molecule has 0 aliphatic heterocycles. The quantitative estimate of drug-likeness (QED) is 0.751. The summed E-state index contributed by atoms with van der Waals surface area (Å²) in [6, 6.07) is 7.91. The molecule has 4 heteroatoms. The van der Waals surface area contributed by atoms with E-state index in [-0.39, 0.29) is 5.91 Å².